The number of anilines is 2. The van der Waals surface area contributed by atoms with E-state index in [1.165, 1.54) is 4.90 Å². The molecule has 0 radical (unpaired) electrons. The van der Waals surface area contributed by atoms with E-state index in [0.717, 1.165) is 18.2 Å². The van der Waals surface area contributed by atoms with E-state index in [1.54, 1.807) is 49.5 Å². The predicted octanol–water partition coefficient (Wildman–Crippen LogP) is 4.94. The number of halogens is 4. The second kappa shape index (κ2) is 6.11. The van der Waals surface area contributed by atoms with Crippen molar-refractivity contribution in [2.24, 2.45) is 0 Å². The maximum Gasteiger partial charge on any atom is 0.416 e. The van der Waals surface area contributed by atoms with Crippen LogP contribution in [0.5, 0.6) is 0 Å². The number of carbonyl (C=O) groups excluding carboxylic acids is 1. The lowest BCUT2D eigenvalue weighted by Crippen LogP contribution is -2.22. The lowest BCUT2D eigenvalue weighted by atomic mass is 10.1. The van der Waals surface area contributed by atoms with E-state index >= 15 is 0 Å². The Morgan fingerprint density at radius 1 is 1.08 bits per heavy atom. The summed E-state index contributed by atoms with van der Waals surface area (Å²) >= 11 is 6.12. The smallest absolute Gasteiger partial charge is 0.383 e. The number of amides is 1. The summed E-state index contributed by atoms with van der Waals surface area (Å²) in [6.07, 6.45) is -2.88. The van der Waals surface area contributed by atoms with Crippen LogP contribution < -0.4 is 4.90 Å². The summed E-state index contributed by atoms with van der Waals surface area (Å²) in [7, 11) is 3.53. The zero-order chi connectivity index (χ0) is 18.4. The number of benzene rings is 2. The Labute approximate surface area is 147 Å². The lowest BCUT2D eigenvalue weighted by molar-refractivity contribution is -0.137. The minimum atomic E-state index is -4.52. The summed E-state index contributed by atoms with van der Waals surface area (Å²) in [6.45, 7) is 0. The molecule has 0 saturated heterocycles. The molecule has 130 valence electrons. The van der Waals surface area contributed by atoms with E-state index in [-0.39, 0.29) is 10.7 Å². The van der Waals surface area contributed by atoms with Crippen molar-refractivity contribution in [1.29, 1.82) is 0 Å². The van der Waals surface area contributed by atoms with Crippen molar-refractivity contribution in [3.63, 3.8) is 0 Å². The van der Waals surface area contributed by atoms with Gasteiger partial charge in [-0.3, -0.25) is 9.69 Å². The highest BCUT2D eigenvalue weighted by Gasteiger charge is 2.37. The molecule has 0 unspecified atom stereocenters. The molecule has 1 aliphatic heterocycles. The van der Waals surface area contributed by atoms with Gasteiger partial charge in [-0.2, -0.15) is 13.2 Å². The van der Waals surface area contributed by atoms with E-state index < -0.39 is 17.6 Å². The number of nitrogens with zero attached hydrogens (tertiary/aromatic N) is 2. The Balaban J connectivity index is 2.20. The van der Waals surface area contributed by atoms with E-state index in [2.05, 4.69) is 0 Å². The lowest BCUT2D eigenvalue weighted by Gasteiger charge is -2.20. The summed E-state index contributed by atoms with van der Waals surface area (Å²) in [6, 6.07) is 9.88. The van der Waals surface area contributed by atoms with Crippen LogP contribution in [0.1, 0.15) is 11.1 Å². The fraction of sp³-hybridized carbons (Fsp3) is 0.167. The Bertz CT molecular complexity index is 875. The third kappa shape index (κ3) is 3.09. The van der Waals surface area contributed by atoms with Crippen LogP contribution in [0.4, 0.5) is 24.5 Å². The number of para-hydroxylation sites is 1. The largest absolute Gasteiger partial charge is 0.416 e. The molecule has 3 rings (SSSR count). The van der Waals surface area contributed by atoms with Gasteiger partial charge in [-0.1, -0.05) is 29.8 Å². The van der Waals surface area contributed by atoms with Crippen LogP contribution in [-0.2, 0) is 11.0 Å². The Hall–Kier alpha value is -2.47. The van der Waals surface area contributed by atoms with Crippen LogP contribution in [0.25, 0.3) is 5.57 Å². The van der Waals surface area contributed by atoms with E-state index in [0.29, 0.717) is 16.8 Å². The van der Waals surface area contributed by atoms with Crippen molar-refractivity contribution in [3.05, 3.63) is 64.8 Å². The zero-order valence-electron chi connectivity index (χ0n) is 13.4. The molecule has 25 heavy (non-hydrogen) atoms. The summed E-state index contributed by atoms with van der Waals surface area (Å²) in [5.74, 6) is -0.420. The molecule has 0 fully saturated rings. The van der Waals surface area contributed by atoms with Gasteiger partial charge in [-0.05, 0) is 24.3 Å². The first-order valence-corrected chi connectivity index (χ1v) is 7.77. The van der Waals surface area contributed by atoms with Gasteiger partial charge < -0.3 is 4.90 Å². The van der Waals surface area contributed by atoms with Crippen molar-refractivity contribution in [3.8, 4) is 0 Å². The van der Waals surface area contributed by atoms with E-state index in [1.807, 2.05) is 0 Å². The highest BCUT2D eigenvalue weighted by atomic mass is 35.5. The van der Waals surface area contributed by atoms with Gasteiger partial charge in [-0.15, -0.1) is 0 Å². The molecule has 0 atom stereocenters. The topological polar surface area (TPSA) is 23.6 Å². The number of carbonyl (C=O) groups is 1. The molecule has 3 nitrogen and oxygen atoms in total. The molecule has 1 heterocycles. The van der Waals surface area contributed by atoms with E-state index in [9.17, 15) is 18.0 Å². The van der Waals surface area contributed by atoms with Crippen molar-refractivity contribution in [2.45, 2.75) is 6.18 Å². The molecule has 0 bridgehead atoms. The minimum absolute atomic E-state index is 0.0103. The molecular weight excluding hydrogens is 353 g/mol. The first-order valence-electron chi connectivity index (χ1n) is 7.39. The molecule has 2 aromatic rings. The quantitative estimate of drug-likeness (QED) is 0.703. The molecule has 0 N–H and O–H groups in total. The second-order valence-electron chi connectivity index (χ2n) is 5.83. The molecular formula is C18H14ClF3N2O. The fourth-order valence-electron chi connectivity index (χ4n) is 2.72. The summed E-state index contributed by atoms with van der Waals surface area (Å²) in [4.78, 5) is 15.8. The molecule has 0 aliphatic carbocycles. The number of alkyl halides is 3. The molecule has 7 heteroatoms. The maximum atomic E-state index is 13.1. The van der Waals surface area contributed by atoms with Crippen LogP contribution in [0.2, 0.25) is 5.02 Å². The summed E-state index contributed by atoms with van der Waals surface area (Å²) < 4.78 is 39.2. The van der Waals surface area contributed by atoms with Crippen molar-refractivity contribution in [1.82, 2.24) is 4.90 Å². The monoisotopic (exact) mass is 366 g/mol. The van der Waals surface area contributed by atoms with E-state index in [4.69, 9.17) is 11.6 Å². The SMILES string of the molecule is CN(C)/C=C1\C(=O)N(c2cc(C(F)(F)F)ccc2Cl)c2ccccc21. The molecule has 1 amide bonds. The molecule has 1 aliphatic rings. The summed E-state index contributed by atoms with van der Waals surface area (Å²) in [5.41, 5.74) is 0.698. The van der Waals surface area contributed by atoms with Crippen LogP contribution in [0.15, 0.2) is 48.7 Å². The van der Waals surface area contributed by atoms with Gasteiger partial charge in [-0.25, -0.2) is 0 Å². The van der Waals surface area contributed by atoms with Crippen LogP contribution in [0, 0.1) is 0 Å². The van der Waals surface area contributed by atoms with Gasteiger partial charge in [0.25, 0.3) is 5.91 Å². The maximum absolute atomic E-state index is 13.1. The first kappa shape index (κ1) is 17.4. The number of hydrogen-bond donors (Lipinski definition) is 0. The first-order chi connectivity index (χ1) is 11.7. The van der Waals surface area contributed by atoms with Crippen LogP contribution in [0.3, 0.4) is 0 Å². The van der Waals surface area contributed by atoms with Gasteiger partial charge in [0, 0.05) is 25.9 Å². The van der Waals surface area contributed by atoms with Gasteiger partial charge in [0.05, 0.1) is 27.5 Å². The average molecular weight is 367 g/mol. The average Bonchev–Trinajstić information content (AvgIpc) is 2.79. The van der Waals surface area contributed by atoms with Gasteiger partial charge in [0.15, 0.2) is 0 Å². The highest BCUT2D eigenvalue weighted by Crippen LogP contribution is 2.45. The molecule has 0 spiro atoms. The van der Waals surface area contributed by atoms with Crippen LogP contribution in [-0.4, -0.2) is 24.9 Å². The number of fused-ring (bicyclic) bond motifs is 1. The summed E-state index contributed by atoms with van der Waals surface area (Å²) in [5, 5.41) is 0.0715. The Morgan fingerprint density at radius 2 is 1.76 bits per heavy atom. The van der Waals surface area contributed by atoms with Crippen molar-refractivity contribution in [2.75, 3.05) is 19.0 Å². The van der Waals surface area contributed by atoms with Crippen molar-refractivity contribution >= 4 is 34.5 Å². The minimum Gasteiger partial charge on any atom is -0.383 e. The predicted molar refractivity (Wildman–Crippen MR) is 91.7 cm³/mol. The Kier molecular flexibility index (Phi) is 4.24. The molecule has 0 aromatic heterocycles. The van der Waals surface area contributed by atoms with Gasteiger partial charge in [0.2, 0.25) is 0 Å². The molecule has 0 saturated carbocycles. The number of hydrogen-bond acceptors (Lipinski definition) is 2. The van der Waals surface area contributed by atoms with Gasteiger partial charge in [0.1, 0.15) is 0 Å². The zero-order valence-corrected chi connectivity index (χ0v) is 14.2. The second-order valence-corrected chi connectivity index (χ2v) is 6.24. The highest BCUT2D eigenvalue weighted by molar-refractivity contribution is 6.39. The van der Waals surface area contributed by atoms with Crippen LogP contribution >= 0.6 is 11.6 Å². The standard InChI is InChI=1S/C18H14ClF3N2O/c1-23(2)10-13-12-5-3-4-6-15(12)24(17(13)25)16-9-11(18(20,21)22)7-8-14(16)19/h3-10H,1-2H3/b13-10-. The molecule has 2 aromatic carbocycles. The normalized spacial score (nSPS) is 15.7. The fourth-order valence-corrected chi connectivity index (χ4v) is 2.93. The number of rotatable bonds is 2. The van der Waals surface area contributed by atoms with Crippen molar-refractivity contribution < 1.29 is 18.0 Å². The Morgan fingerprint density at radius 3 is 2.40 bits per heavy atom. The third-order valence-corrected chi connectivity index (χ3v) is 4.09. The third-order valence-electron chi connectivity index (χ3n) is 3.77. The van der Waals surface area contributed by atoms with Gasteiger partial charge >= 0.3 is 6.18 Å².